The first kappa shape index (κ1) is 21.2. The van der Waals surface area contributed by atoms with Crippen molar-refractivity contribution in [3.63, 3.8) is 0 Å². The highest BCUT2D eigenvalue weighted by molar-refractivity contribution is 5.94. The molecule has 1 aliphatic rings. The number of nitrogens with zero attached hydrogens (tertiary/aromatic N) is 3. The number of carbonyl (C=O) groups is 1. The van der Waals surface area contributed by atoms with Gasteiger partial charge < -0.3 is 9.64 Å². The molecule has 2 aromatic rings. The number of halogens is 3. The third kappa shape index (κ3) is 4.74. The number of ether oxygens (including phenoxy) is 1. The monoisotopic (exact) mass is 409 g/mol. The molecule has 0 spiro atoms. The van der Waals surface area contributed by atoms with Crippen LogP contribution in [0.3, 0.4) is 0 Å². The molecule has 3 rings (SSSR count). The summed E-state index contributed by atoms with van der Waals surface area (Å²) >= 11 is 0. The van der Waals surface area contributed by atoms with Crippen molar-refractivity contribution in [3.8, 4) is 5.75 Å². The number of rotatable bonds is 7. The number of fused-ring (bicyclic) bond motifs is 1. The third-order valence-electron chi connectivity index (χ3n) is 5.25. The van der Waals surface area contributed by atoms with E-state index in [4.69, 9.17) is 4.74 Å². The molecule has 0 saturated heterocycles. The zero-order chi connectivity index (χ0) is 21.0. The standard InChI is InChI=1S/C21H26F3N3O2/c1-3-26(4-2)20(28)15-9-11-16(12-10-15)29-14-13-27-18-8-6-5-7-17(18)19(25-27)21(22,23)24/h9-12H,3-8,13-14H2,1-2H3. The minimum Gasteiger partial charge on any atom is -0.492 e. The van der Waals surface area contributed by atoms with Crippen molar-refractivity contribution in [2.75, 3.05) is 19.7 Å². The second-order valence-electron chi connectivity index (χ2n) is 7.05. The zero-order valence-electron chi connectivity index (χ0n) is 16.8. The molecule has 1 amide bonds. The average molecular weight is 409 g/mol. The van der Waals surface area contributed by atoms with Gasteiger partial charge in [-0.3, -0.25) is 9.48 Å². The van der Waals surface area contributed by atoms with Gasteiger partial charge in [-0.25, -0.2) is 0 Å². The summed E-state index contributed by atoms with van der Waals surface area (Å²) in [4.78, 5) is 14.0. The molecule has 0 radical (unpaired) electrons. The smallest absolute Gasteiger partial charge is 0.435 e. The van der Waals surface area contributed by atoms with Crippen molar-refractivity contribution in [3.05, 3.63) is 46.8 Å². The summed E-state index contributed by atoms with van der Waals surface area (Å²) in [5, 5.41) is 3.83. The molecule has 0 fully saturated rings. The second-order valence-corrected chi connectivity index (χ2v) is 7.05. The largest absolute Gasteiger partial charge is 0.492 e. The molecule has 0 atom stereocenters. The van der Waals surface area contributed by atoms with Crippen LogP contribution in [0.15, 0.2) is 24.3 Å². The van der Waals surface area contributed by atoms with Crippen molar-refractivity contribution >= 4 is 5.91 Å². The lowest BCUT2D eigenvalue weighted by Crippen LogP contribution is -2.30. The van der Waals surface area contributed by atoms with Crippen LogP contribution in [0.25, 0.3) is 0 Å². The van der Waals surface area contributed by atoms with Gasteiger partial charge in [0.1, 0.15) is 12.4 Å². The molecule has 0 aliphatic heterocycles. The van der Waals surface area contributed by atoms with Crippen molar-refractivity contribution in [1.82, 2.24) is 14.7 Å². The van der Waals surface area contributed by atoms with Gasteiger partial charge in [0.15, 0.2) is 5.69 Å². The fourth-order valence-corrected chi connectivity index (χ4v) is 3.72. The van der Waals surface area contributed by atoms with Gasteiger partial charge in [0, 0.05) is 29.9 Å². The van der Waals surface area contributed by atoms with Crippen LogP contribution in [0, 0.1) is 0 Å². The Morgan fingerprint density at radius 3 is 2.41 bits per heavy atom. The first-order valence-electron chi connectivity index (χ1n) is 10.0. The number of aromatic nitrogens is 2. The van der Waals surface area contributed by atoms with Crippen LogP contribution in [-0.4, -0.2) is 40.3 Å². The van der Waals surface area contributed by atoms with Crippen LogP contribution in [-0.2, 0) is 25.6 Å². The Bertz CT molecular complexity index is 840. The van der Waals surface area contributed by atoms with E-state index in [-0.39, 0.29) is 19.1 Å². The summed E-state index contributed by atoms with van der Waals surface area (Å²) in [6.07, 6.45) is -1.76. The van der Waals surface area contributed by atoms with Gasteiger partial charge in [0.05, 0.1) is 6.54 Å². The highest BCUT2D eigenvalue weighted by Crippen LogP contribution is 2.35. The number of hydrogen-bond donors (Lipinski definition) is 0. The van der Waals surface area contributed by atoms with Crippen LogP contribution < -0.4 is 4.74 Å². The Morgan fingerprint density at radius 2 is 1.79 bits per heavy atom. The average Bonchev–Trinajstić information content (AvgIpc) is 3.09. The van der Waals surface area contributed by atoms with Crippen molar-refractivity contribution in [2.24, 2.45) is 0 Å². The van der Waals surface area contributed by atoms with E-state index in [0.29, 0.717) is 48.5 Å². The van der Waals surface area contributed by atoms with Gasteiger partial charge in [-0.15, -0.1) is 0 Å². The molecular formula is C21H26F3N3O2. The SMILES string of the molecule is CCN(CC)C(=O)c1ccc(OCCn2nc(C(F)(F)F)c3c2CCCC3)cc1. The van der Waals surface area contributed by atoms with E-state index >= 15 is 0 Å². The van der Waals surface area contributed by atoms with E-state index in [1.807, 2.05) is 13.8 Å². The Kier molecular flexibility index (Phi) is 6.49. The van der Waals surface area contributed by atoms with Gasteiger partial charge >= 0.3 is 6.18 Å². The molecule has 1 heterocycles. The van der Waals surface area contributed by atoms with Gasteiger partial charge in [-0.1, -0.05) is 0 Å². The van der Waals surface area contributed by atoms with Crippen molar-refractivity contribution < 1.29 is 22.7 Å². The normalized spacial score (nSPS) is 13.8. The van der Waals surface area contributed by atoms with E-state index < -0.39 is 11.9 Å². The van der Waals surface area contributed by atoms with Crippen molar-refractivity contribution in [1.29, 1.82) is 0 Å². The lowest BCUT2D eigenvalue weighted by atomic mass is 9.95. The number of benzene rings is 1. The molecule has 5 nitrogen and oxygen atoms in total. The minimum atomic E-state index is -4.43. The summed E-state index contributed by atoms with van der Waals surface area (Å²) < 4.78 is 46.9. The number of alkyl halides is 3. The highest BCUT2D eigenvalue weighted by Gasteiger charge is 2.39. The van der Waals surface area contributed by atoms with Gasteiger partial charge in [-0.2, -0.15) is 18.3 Å². The van der Waals surface area contributed by atoms with Gasteiger partial charge in [-0.05, 0) is 63.8 Å². The molecule has 158 valence electrons. The lowest BCUT2D eigenvalue weighted by molar-refractivity contribution is -0.142. The predicted molar refractivity (Wildman–Crippen MR) is 103 cm³/mol. The Balaban J connectivity index is 1.63. The van der Waals surface area contributed by atoms with Crippen molar-refractivity contribution in [2.45, 2.75) is 52.3 Å². The second kappa shape index (κ2) is 8.88. The summed E-state index contributed by atoms with van der Waals surface area (Å²) in [5.41, 5.74) is 0.832. The number of hydrogen-bond acceptors (Lipinski definition) is 3. The highest BCUT2D eigenvalue weighted by atomic mass is 19.4. The molecule has 0 bridgehead atoms. The van der Waals surface area contributed by atoms with E-state index in [2.05, 4.69) is 5.10 Å². The maximum absolute atomic E-state index is 13.2. The molecule has 29 heavy (non-hydrogen) atoms. The quantitative estimate of drug-likeness (QED) is 0.683. The minimum absolute atomic E-state index is 0.0376. The van der Waals surface area contributed by atoms with Crippen LogP contribution >= 0.6 is 0 Å². The van der Waals surface area contributed by atoms with E-state index in [1.54, 1.807) is 29.2 Å². The summed E-state index contributed by atoms with van der Waals surface area (Å²) in [5.74, 6) is 0.530. The van der Waals surface area contributed by atoms with Crippen LogP contribution in [0.4, 0.5) is 13.2 Å². The number of amides is 1. The molecule has 1 aromatic carbocycles. The fraction of sp³-hybridized carbons (Fsp3) is 0.524. The fourth-order valence-electron chi connectivity index (χ4n) is 3.72. The van der Waals surface area contributed by atoms with Gasteiger partial charge in [0.2, 0.25) is 0 Å². The summed E-state index contributed by atoms with van der Waals surface area (Å²) in [6.45, 7) is 5.59. The Morgan fingerprint density at radius 1 is 1.14 bits per heavy atom. The van der Waals surface area contributed by atoms with Crippen LogP contribution in [0.5, 0.6) is 5.75 Å². The third-order valence-corrected chi connectivity index (χ3v) is 5.25. The van der Waals surface area contributed by atoms with E-state index in [9.17, 15) is 18.0 Å². The maximum Gasteiger partial charge on any atom is 0.435 e. The molecule has 1 aliphatic carbocycles. The molecule has 0 N–H and O–H groups in total. The molecule has 0 saturated carbocycles. The molecule has 1 aromatic heterocycles. The Hall–Kier alpha value is -2.51. The lowest BCUT2D eigenvalue weighted by Gasteiger charge is -2.18. The van der Waals surface area contributed by atoms with E-state index in [0.717, 1.165) is 12.8 Å². The Labute approximate surface area is 168 Å². The van der Waals surface area contributed by atoms with Gasteiger partial charge in [0.25, 0.3) is 5.91 Å². The molecule has 0 unspecified atom stereocenters. The van der Waals surface area contributed by atoms with Crippen LogP contribution in [0.1, 0.15) is 54.0 Å². The maximum atomic E-state index is 13.2. The first-order valence-corrected chi connectivity index (χ1v) is 10.0. The molecule has 8 heteroatoms. The molecular weight excluding hydrogens is 383 g/mol. The zero-order valence-corrected chi connectivity index (χ0v) is 16.8. The summed E-state index contributed by atoms with van der Waals surface area (Å²) in [6, 6.07) is 6.81. The predicted octanol–water partition coefficient (Wildman–Crippen LogP) is 4.34. The number of carbonyl (C=O) groups excluding carboxylic acids is 1. The first-order chi connectivity index (χ1) is 13.8. The van der Waals surface area contributed by atoms with E-state index in [1.165, 1.54) is 4.68 Å². The summed E-state index contributed by atoms with van der Waals surface area (Å²) in [7, 11) is 0. The van der Waals surface area contributed by atoms with Crippen LogP contribution in [0.2, 0.25) is 0 Å². The topological polar surface area (TPSA) is 47.4 Å².